The molecule has 1 amide bonds. The zero-order chi connectivity index (χ0) is 14.8. The third-order valence-electron chi connectivity index (χ3n) is 3.81. The fraction of sp³-hybridized carbons (Fsp3) is 0.467. The van der Waals surface area contributed by atoms with Crippen molar-refractivity contribution in [2.45, 2.75) is 32.4 Å². The number of likely N-dealkylation sites (tertiary alicyclic amines) is 1. The van der Waals surface area contributed by atoms with Crippen LogP contribution in [0.3, 0.4) is 0 Å². The number of nitrogens with zero attached hydrogens (tertiary/aromatic N) is 2. The molecule has 1 fully saturated rings. The molecule has 3 N–H and O–H groups in total. The van der Waals surface area contributed by atoms with E-state index in [1.165, 1.54) is 0 Å². The summed E-state index contributed by atoms with van der Waals surface area (Å²) in [5.74, 6) is 0.763. The standard InChI is InChI=1S/C15H20N4O2/c1-10(20)17-12-4-6-19(7-5-12)9-15-18-13-8-11(16)2-3-14(13)21-15/h2-3,8,12H,4-7,9,16H2,1H3,(H,17,20). The van der Waals surface area contributed by atoms with Gasteiger partial charge in [-0.15, -0.1) is 0 Å². The van der Waals surface area contributed by atoms with Gasteiger partial charge in [0, 0.05) is 31.7 Å². The minimum atomic E-state index is 0.0463. The third-order valence-corrected chi connectivity index (χ3v) is 3.81. The number of piperidine rings is 1. The lowest BCUT2D eigenvalue weighted by atomic mass is 10.1. The number of oxazole rings is 1. The predicted molar refractivity (Wildman–Crippen MR) is 80.5 cm³/mol. The highest BCUT2D eigenvalue weighted by molar-refractivity contribution is 5.76. The maximum Gasteiger partial charge on any atom is 0.217 e. The first-order chi connectivity index (χ1) is 10.1. The van der Waals surface area contributed by atoms with Crippen LogP contribution in [0.25, 0.3) is 11.1 Å². The van der Waals surface area contributed by atoms with Gasteiger partial charge in [-0.25, -0.2) is 4.98 Å². The van der Waals surface area contributed by atoms with Gasteiger partial charge in [0.2, 0.25) is 11.8 Å². The molecule has 0 unspecified atom stereocenters. The molecule has 1 aromatic heterocycles. The molecule has 1 aliphatic rings. The molecule has 21 heavy (non-hydrogen) atoms. The van der Waals surface area contributed by atoms with Gasteiger partial charge >= 0.3 is 0 Å². The Bertz CT molecular complexity index is 644. The van der Waals surface area contributed by atoms with Crippen LogP contribution >= 0.6 is 0 Å². The monoisotopic (exact) mass is 288 g/mol. The molecule has 0 spiro atoms. The van der Waals surface area contributed by atoms with Crippen LogP contribution < -0.4 is 11.1 Å². The molecule has 1 aromatic carbocycles. The van der Waals surface area contributed by atoms with Crippen LogP contribution in [0.5, 0.6) is 0 Å². The molecule has 0 radical (unpaired) electrons. The summed E-state index contributed by atoms with van der Waals surface area (Å²) in [6, 6.07) is 5.79. The summed E-state index contributed by atoms with van der Waals surface area (Å²) in [4.78, 5) is 17.8. The Labute approximate surface area is 123 Å². The SMILES string of the molecule is CC(=O)NC1CCN(Cc2nc3cc(N)ccc3o2)CC1. The number of benzene rings is 1. The van der Waals surface area contributed by atoms with Gasteiger partial charge in [0.1, 0.15) is 5.52 Å². The second kappa shape index (κ2) is 5.73. The number of hydrogen-bond donors (Lipinski definition) is 2. The molecule has 0 atom stereocenters. The summed E-state index contributed by atoms with van der Waals surface area (Å²) in [5.41, 5.74) is 8.01. The van der Waals surface area contributed by atoms with Gasteiger partial charge in [0.25, 0.3) is 0 Å². The van der Waals surface area contributed by atoms with E-state index in [2.05, 4.69) is 15.2 Å². The summed E-state index contributed by atoms with van der Waals surface area (Å²) < 4.78 is 5.74. The lowest BCUT2D eigenvalue weighted by Crippen LogP contribution is -2.43. The van der Waals surface area contributed by atoms with Crippen molar-refractivity contribution in [3.8, 4) is 0 Å². The van der Waals surface area contributed by atoms with Gasteiger partial charge in [0.05, 0.1) is 6.54 Å². The average molecular weight is 288 g/mol. The highest BCUT2D eigenvalue weighted by Crippen LogP contribution is 2.20. The number of anilines is 1. The van der Waals surface area contributed by atoms with Crippen molar-refractivity contribution in [1.82, 2.24) is 15.2 Å². The molecule has 1 aliphatic heterocycles. The van der Waals surface area contributed by atoms with Gasteiger partial charge in [-0.1, -0.05) is 0 Å². The van der Waals surface area contributed by atoms with E-state index in [0.717, 1.165) is 37.0 Å². The van der Waals surface area contributed by atoms with E-state index < -0.39 is 0 Å². The molecule has 1 saturated heterocycles. The van der Waals surface area contributed by atoms with Gasteiger partial charge in [-0.2, -0.15) is 0 Å². The molecular formula is C15H20N4O2. The number of hydrogen-bond acceptors (Lipinski definition) is 5. The van der Waals surface area contributed by atoms with Crippen molar-refractivity contribution >= 4 is 22.7 Å². The Morgan fingerprint density at radius 1 is 1.48 bits per heavy atom. The zero-order valence-corrected chi connectivity index (χ0v) is 12.1. The van der Waals surface area contributed by atoms with Crippen LogP contribution in [0.4, 0.5) is 5.69 Å². The second-order valence-corrected chi connectivity index (χ2v) is 5.59. The zero-order valence-electron chi connectivity index (χ0n) is 12.1. The van der Waals surface area contributed by atoms with Crippen LogP contribution in [-0.2, 0) is 11.3 Å². The van der Waals surface area contributed by atoms with Crippen molar-refractivity contribution in [3.05, 3.63) is 24.1 Å². The highest BCUT2D eigenvalue weighted by Gasteiger charge is 2.21. The summed E-state index contributed by atoms with van der Waals surface area (Å²) in [7, 11) is 0. The Hall–Kier alpha value is -2.08. The number of fused-ring (bicyclic) bond motifs is 1. The van der Waals surface area contributed by atoms with E-state index in [1.54, 1.807) is 6.92 Å². The number of carbonyl (C=O) groups is 1. The molecule has 112 valence electrons. The normalized spacial score (nSPS) is 17.2. The minimum Gasteiger partial charge on any atom is -0.439 e. The topological polar surface area (TPSA) is 84.4 Å². The smallest absolute Gasteiger partial charge is 0.217 e. The maximum absolute atomic E-state index is 11.1. The first-order valence-electron chi connectivity index (χ1n) is 7.24. The van der Waals surface area contributed by atoms with Gasteiger partial charge in [0.15, 0.2) is 5.58 Å². The third kappa shape index (κ3) is 3.33. The van der Waals surface area contributed by atoms with Crippen molar-refractivity contribution in [2.24, 2.45) is 0 Å². The molecular weight excluding hydrogens is 268 g/mol. The quantitative estimate of drug-likeness (QED) is 0.836. The molecule has 0 saturated carbocycles. The molecule has 6 nitrogen and oxygen atoms in total. The average Bonchev–Trinajstić information content (AvgIpc) is 2.82. The van der Waals surface area contributed by atoms with Crippen LogP contribution in [-0.4, -0.2) is 34.9 Å². The van der Waals surface area contributed by atoms with Crippen LogP contribution in [0.2, 0.25) is 0 Å². The molecule has 0 aliphatic carbocycles. The Morgan fingerprint density at radius 3 is 2.95 bits per heavy atom. The molecule has 2 heterocycles. The number of nitrogen functional groups attached to an aromatic ring is 1. The van der Waals surface area contributed by atoms with E-state index in [9.17, 15) is 4.79 Å². The lowest BCUT2D eigenvalue weighted by Gasteiger charge is -2.31. The first-order valence-corrected chi connectivity index (χ1v) is 7.24. The van der Waals surface area contributed by atoms with Crippen molar-refractivity contribution in [3.63, 3.8) is 0 Å². The Balaban J connectivity index is 1.60. The molecule has 0 bridgehead atoms. The predicted octanol–water partition coefficient (Wildman–Crippen LogP) is 1.51. The van der Waals surface area contributed by atoms with E-state index in [0.29, 0.717) is 24.2 Å². The number of aromatic nitrogens is 1. The summed E-state index contributed by atoms with van der Waals surface area (Å²) in [5, 5.41) is 2.98. The maximum atomic E-state index is 11.1. The number of carbonyl (C=O) groups excluding carboxylic acids is 1. The fourth-order valence-corrected chi connectivity index (χ4v) is 2.77. The van der Waals surface area contributed by atoms with Gasteiger partial charge < -0.3 is 15.5 Å². The van der Waals surface area contributed by atoms with Gasteiger partial charge in [-0.05, 0) is 31.0 Å². The largest absolute Gasteiger partial charge is 0.439 e. The summed E-state index contributed by atoms with van der Waals surface area (Å²) >= 11 is 0. The van der Waals surface area contributed by atoms with E-state index in [4.69, 9.17) is 10.2 Å². The number of amides is 1. The number of nitrogens with one attached hydrogen (secondary N) is 1. The fourth-order valence-electron chi connectivity index (χ4n) is 2.77. The van der Waals surface area contributed by atoms with Gasteiger partial charge in [-0.3, -0.25) is 9.69 Å². The van der Waals surface area contributed by atoms with Crippen LogP contribution in [0.1, 0.15) is 25.7 Å². The van der Waals surface area contributed by atoms with E-state index in [-0.39, 0.29) is 5.91 Å². The van der Waals surface area contributed by atoms with Crippen LogP contribution in [0, 0.1) is 0 Å². The van der Waals surface area contributed by atoms with Crippen molar-refractivity contribution in [1.29, 1.82) is 0 Å². The molecule has 6 heteroatoms. The number of rotatable bonds is 3. The summed E-state index contributed by atoms with van der Waals surface area (Å²) in [6.45, 7) is 4.13. The molecule has 3 rings (SSSR count). The van der Waals surface area contributed by atoms with Crippen molar-refractivity contribution < 1.29 is 9.21 Å². The lowest BCUT2D eigenvalue weighted by molar-refractivity contribution is -0.120. The highest BCUT2D eigenvalue weighted by atomic mass is 16.3. The van der Waals surface area contributed by atoms with Crippen molar-refractivity contribution in [2.75, 3.05) is 18.8 Å². The Kier molecular flexibility index (Phi) is 3.79. The minimum absolute atomic E-state index is 0.0463. The molecule has 2 aromatic rings. The first kappa shape index (κ1) is 13.9. The van der Waals surface area contributed by atoms with E-state index in [1.807, 2.05) is 18.2 Å². The van der Waals surface area contributed by atoms with E-state index >= 15 is 0 Å². The Morgan fingerprint density at radius 2 is 2.24 bits per heavy atom. The number of nitrogens with two attached hydrogens (primary N) is 1. The second-order valence-electron chi connectivity index (χ2n) is 5.59. The van der Waals surface area contributed by atoms with Crippen LogP contribution in [0.15, 0.2) is 22.6 Å². The summed E-state index contributed by atoms with van der Waals surface area (Å²) in [6.07, 6.45) is 1.93.